The van der Waals surface area contributed by atoms with Crippen molar-refractivity contribution in [3.8, 4) is 0 Å². The van der Waals surface area contributed by atoms with Crippen LogP contribution in [-0.4, -0.2) is 41.2 Å². The molecular formula is C14H28N2OS. The Morgan fingerprint density at radius 2 is 2.11 bits per heavy atom. The van der Waals surface area contributed by atoms with Gasteiger partial charge in [-0.3, -0.25) is 4.90 Å². The van der Waals surface area contributed by atoms with Gasteiger partial charge in [-0.1, -0.05) is 26.1 Å². The van der Waals surface area contributed by atoms with Gasteiger partial charge in [-0.15, -0.1) is 0 Å². The van der Waals surface area contributed by atoms with Gasteiger partial charge in [-0.2, -0.15) is 0 Å². The molecule has 1 fully saturated rings. The van der Waals surface area contributed by atoms with Crippen molar-refractivity contribution in [1.82, 2.24) is 4.90 Å². The zero-order chi connectivity index (χ0) is 14.0. The van der Waals surface area contributed by atoms with E-state index in [1.807, 2.05) is 0 Å². The van der Waals surface area contributed by atoms with Crippen LogP contribution in [-0.2, 0) is 4.74 Å². The maximum absolute atomic E-state index is 5.91. The second-order valence-corrected chi connectivity index (χ2v) is 7.21. The van der Waals surface area contributed by atoms with Crippen LogP contribution in [0.3, 0.4) is 0 Å². The van der Waals surface area contributed by atoms with Crippen molar-refractivity contribution >= 4 is 17.2 Å². The molecule has 0 aromatic rings. The summed E-state index contributed by atoms with van der Waals surface area (Å²) in [7, 11) is 0. The Balaban J connectivity index is 2.38. The van der Waals surface area contributed by atoms with Crippen LogP contribution in [0.15, 0.2) is 0 Å². The summed E-state index contributed by atoms with van der Waals surface area (Å²) in [4.78, 5) is 3.11. The summed E-state index contributed by atoms with van der Waals surface area (Å²) in [6.07, 6.45) is 2.50. The second-order valence-electron chi connectivity index (χ2n) is 6.77. The molecule has 1 unspecified atom stereocenters. The quantitative estimate of drug-likeness (QED) is 0.781. The summed E-state index contributed by atoms with van der Waals surface area (Å²) in [5, 5.41) is 0. The number of nitrogens with two attached hydrogens (primary N) is 1. The third kappa shape index (κ3) is 4.82. The molecule has 0 aromatic heterocycles. The Bertz CT molecular complexity index is 302. The van der Waals surface area contributed by atoms with Crippen molar-refractivity contribution in [2.45, 2.75) is 59.2 Å². The van der Waals surface area contributed by atoms with Gasteiger partial charge in [0, 0.05) is 18.5 Å². The van der Waals surface area contributed by atoms with Gasteiger partial charge in [0.1, 0.15) is 0 Å². The van der Waals surface area contributed by atoms with Crippen LogP contribution in [0.5, 0.6) is 0 Å². The molecule has 0 radical (unpaired) electrons. The van der Waals surface area contributed by atoms with E-state index in [9.17, 15) is 0 Å². The lowest BCUT2D eigenvalue weighted by Gasteiger charge is -2.42. The van der Waals surface area contributed by atoms with Gasteiger partial charge >= 0.3 is 0 Å². The number of hydrogen-bond acceptors (Lipinski definition) is 3. The standard InChI is InChI=1S/C14H28N2OS/c1-11-9-16(10-14(4,5)17-11)8-6-7-13(2,3)12(15)18/h11H,6-10H2,1-5H3,(H2,15,18). The lowest BCUT2D eigenvalue weighted by atomic mass is 9.87. The molecule has 1 aliphatic heterocycles. The van der Waals surface area contributed by atoms with E-state index in [-0.39, 0.29) is 11.0 Å². The number of ether oxygens (including phenoxy) is 1. The molecule has 0 bridgehead atoms. The van der Waals surface area contributed by atoms with Crippen LogP contribution in [0, 0.1) is 5.41 Å². The number of morpholine rings is 1. The molecule has 18 heavy (non-hydrogen) atoms. The van der Waals surface area contributed by atoms with Crippen molar-refractivity contribution in [2.75, 3.05) is 19.6 Å². The summed E-state index contributed by atoms with van der Waals surface area (Å²) < 4.78 is 5.91. The van der Waals surface area contributed by atoms with E-state index in [4.69, 9.17) is 22.7 Å². The highest BCUT2D eigenvalue weighted by Gasteiger charge is 2.31. The predicted molar refractivity (Wildman–Crippen MR) is 80.9 cm³/mol. The van der Waals surface area contributed by atoms with Gasteiger partial charge in [0.05, 0.1) is 16.7 Å². The van der Waals surface area contributed by atoms with E-state index in [1.54, 1.807) is 0 Å². The van der Waals surface area contributed by atoms with Crippen molar-refractivity contribution in [3.63, 3.8) is 0 Å². The highest BCUT2D eigenvalue weighted by molar-refractivity contribution is 7.80. The van der Waals surface area contributed by atoms with Gasteiger partial charge < -0.3 is 10.5 Å². The normalized spacial score (nSPS) is 25.1. The fraction of sp³-hybridized carbons (Fsp3) is 0.929. The molecular weight excluding hydrogens is 244 g/mol. The zero-order valence-corrected chi connectivity index (χ0v) is 13.3. The van der Waals surface area contributed by atoms with E-state index >= 15 is 0 Å². The van der Waals surface area contributed by atoms with E-state index in [0.29, 0.717) is 11.1 Å². The van der Waals surface area contributed by atoms with Crippen LogP contribution in [0.4, 0.5) is 0 Å². The molecule has 0 spiro atoms. The van der Waals surface area contributed by atoms with Gasteiger partial charge in [-0.25, -0.2) is 0 Å². The van der Waals surface area contributed by atoms with Crippen LogP contribution in [0.25, 0.3) is 0 Å². The molecule has 0 saturated carbocycles. The first-order chi connectivity index (χ1) is 8.12. The Morgan fingerprint density at radius 1 is 1.50 bits per heavy atom. The van der Waals surface area contributed by atoms with E-state index in [0.717, 1.165) is 32.5 Å². The largest absolute Gasteiger partial charge is 0.393 e. The van der Waals surface area contributed by atoms with Crippen LogP contribution >= 0.6 is 12.2 Å². The van der Waals surface area contributed by atoms with Gasteiger partial charge in [0.2, 0.25) is 0 Å². The number of thiocarbonyl (C=S) groups is 1. The van der Waals surface area contributed by atoms with Crippen molar-refractivity contribution in [2.24, 2.45) is 11.1 Å². The minimum Gasteiger partial charge on any atom is -0.393 e. The topological polar surface area (TPSA) is 38.5 Å². The molecule has 0 aliphatic carbocycles. The highest BCUT2D eigenvalue weighted by atomic mass is 32.1. The molecule has 106 valence electrons. The smallest absolute Gasteiger partial charge is 0.0784 e. The predicted octanol–water partition coefficient (Wildman–Crippen LogP) is 2.58. The Morgan fingerprint density at radius 3 is 2.61 bits per heavy atom. The van der Waals surface area contributed by atoms with Crippen LogP contribution in [0.1, 0.15) is 47.5 Å². The minimum atomic E-state index is -0.0314. The van der Waals surface area contributed by atoms with Crippen LogP contribution in [0.2, 0.25) is 0 Å². The molecule has 0 aromatic carbocycles. The summed E-state index contributed by atoms with van der Waals surface area (Å²) in [5.41, 5.74) is 5.70. The number of rotatable bonds is 5. The van der Waals surface area contributed by atoms with Crippen molar-refractivity contribution < 1.29 is 4.74 Å². The molecule has 1 atom stereocenters. The van der Waals surface area contributed by atoms with E-state index in [2.05, 4.69) is 39.5 Å². The highest BCUT2D eigenvalue weighted by Crippen LogP contribution is 2.25. The zero-order valence-electron chi connectivity index (χ0n) is 12.5. The second kappa shape index (κ2) is 5.85. The molecule has 0 amide bonds. The lowest BCUT2D eigenvalue weighted by molar-refractivity contribution is -0.128. The van der Waals surface area contributed by atoms with Gasteiger partial charge in [0.25, 0.3) is 0 Å². The first kappa shape index (κ1) is 15.9. The van der Waals surface area contributed by atoms with Gasteiger partial charge in [0.15, 0.2) is 0 Å². The molecule has 1 saturated heterocycles. The molecule has 1 rings (SSSR count). The van der Waals surface area contributed by atoms with Crippen molar-refractivity contribution in [3.05, 3.63) is 0 Å². The first-order valence-corrected chi connectivity index (χ1v) is 7.23. The fourth-order valence-electron chi connectivity index (χ4n) is 2.62. The van der Waals surface area contributed by atoms with E-state index < -0.39 is 0 Å². The third-order valence-corrected chi connectivity index (χ3v) is 4.14. The number of hydrogen-bond donors (Lipinski definition) is 1. The molecule has 1 heterocycles. The Kier molecular flexibility index (Phi) is 5.15. The Labute approximate surface area is 117 Å². The molecule has 1 aliphatic rings. The fourth-order valence-corrected chi connectivity index (χ4v) is 2.73. The lowest BCUT2D eigenvalue weighted by Crippen LogP contribution is -2.52. The maximum atomic E-state index is 5.91. The SMILES string of the molecule is CC1CN(CCCC(C)(C)C(N)=S)CC(C)(C)O1. The number of nitrogens with zero attached hydrogens (tertiary/aromatic N) is 1. The first-order valence-electron chi connectivity index (χ1n) is 6.82. The molecule has 2 N–H and O–H groups in total. The van der Waals surface area contributed by atoms with Gasteiger partial charge in [-0.05, 0) is 40.2 Å². The Hall–Kier alpha value is -0.190. The van der Waals surface area contributed by atoms with E-state index in [1.165, 1.54) is 0 Å². The monoisotopic (exact) mass is 272 g/mol. The minimum absolute atomic E-state index is 0.0250. The van der Waals surface area contributed by atoms with Crippen LogP contribution < -0.4 is 5.73 Å². The summed E-state index contributed by atoms with van der Waals surface area (Å²) in [5.74, 6) is 0. The maximum Gasteiger partial charge on any atom is 0.0784 e. The average Bonchev–Trinajstić information content (AvgIpc) is 2.13. The summed E-state index contributed by atoms with van der Waals surface area (Å²) >= 11 is 5.10. The van der Waals surface area contributed by atoms with Crippen molar-refractivity contribution in [1.29, 1.82) is 0 Å². The molecule has 4 heteroatoms. The third-order valence-electron chi connectivity index (χ3n) is 3.58. The summed E-state index contributed by atoms with van der Waals surface area (Å²) in [6.45, 7) is 13.9. The molecule has 3 nitrogen and oxygen atoms in total. The summed E-state index contributed by atoms with van der Waals surface area (Å²) in [6, 6.07) is 0. The average molecular weight is 272 g/mol.